The van der Waals surface area contributed by atoms with E-state index in [2.05, 4.69) is 156 Å². The molecule has 0 amide bonds. The molecule has 13 rings (SSSR count). The van der Waals surface area contributed by atoms with Gasteiger partial charge in [0.2, 0.25) is 0 Å². The van der Waals surface area contributed by atoms with Crippen LogP contribution in [0, 0.1) is 0 Å². The van der Waals surface area contributed by atoms with Crippen LogP contribution in [-0.4, -0.2) is 19.5 Å². The van der Waals surface area contributed by atoms with Gasteiger partial charge in [-0.2, -0.15) is 0 Å². The van der Waals surface area contributed by atoms with Crippen LogP contribution in [0.2, 0.25) is 0 Å². The largest absolute Gasteiger partial charge is 0.456 e. The van der Waals surface area contributed by atoms with Gasteiger partial charge < -0.3 is 8.98 Å². The first-order valence-electron chi connectivity index (χ1n) is 18.9. The van der Waals surface area contributed by atoms with E-state index in [1.54, 1.807) is 0 Å². The van der Waals surface area contributed by atoms with Crippen LogP contribution >= 0.6 is 0 Å². The number of aromatic nitrogens is 4. The minimum absolute atomic E-state index is 0.637. The van der Waals surface area contributed by atoms with Gasteiger partial charge in [0, 0.05) is 49.0 Å². The van der Waals surface area contributed by atoms with E-state index in [0.29, 0.717) is 17.5 Å². The number of fused-ring (bicyclic) bond motifs is 3. The molecule has 0 N–H and O–H groups in total. The number of nitrogens with zero attached hydrogens (tertiary/aromatic N) is 4. The van der Waals surface area contributed by atoms with Crippen LogP contribution in [0.1, 0.15) is 0 Å². The van der Waals surface area contributed by atoms with E-state index in [0.717, 1.165) is 55.2 Å². The van der Waals surface area contributed by atoms with Crippen molar-refractivity contribution < 1.29 is 4.42 Å². The first-order valence-corrected chi connectivity index (χ1v) is 18.9. The topological polar surface area (TPSA) is 56.7 Å². The van der Waals surface area contributed by atoms with Crippen molar-refractivity contribution in [3.05, 3.63) is 170 Å². The normalized spacial score (nSPS) is 12.3. The predicted molar refractivity (Wildman–Crippen MR) is 229 cm³/mol. The second-order valence-corrected chi connectivity index (χ2v) is 14.7. The molecule has 0 fully saturated rings. The van der Waals surface area contributed by atoms with Crippen LogP contribution < -0.4 is 0 Å². The fraction of sp³-hybridized carbons (Fsp3) is 0. The van der Waals surface area contributed by atoms with Crippen molar-refractivity contribution in [2.45, 2.75) is 0 Å². The molecule has 12 aromatic rings. The molecule has 0 aliphatic heterocycles. The summed E-state index contributed by atoms with van der Waals surface area (Å²) in [5.41, 5.74) is 10.6. The molecule has 0 bridgehead atoms. The van der Waals surface area contributed by atoms with Crippen molar-refractivity contribution in [3.63, 3.8) is 0 Å². The molecule has 0 saturated heterocycles. The van der Waals surface area contributed by atoms with Crippen LogP contribution in [0.25, 0.3) is 127 Å². The van der Waals surface area contributed by atoms with Crippen molar-refractivity contribution >= 4 is 76.1 Å². The Labute approximate surface area is 319 Å². The summed E-state index contributed by atoms with van der Waals surface area (Å²) in [6.07, 6.45) is 0. The molecule has 1 aliphatic carbocycles. The first kappa shape index (κ1) is 29.8. The molecule has 9 aromatic carbocycles. The van der Waals surface area contributed by atoms with Crippen LogP contribution in [0.15, 0.2) is 174 Å². The lowest BCUT2D eigenvalue weighted by molar-refractivity contribution is 0.669. The lowest BCUT2D eigenvalue weighted by Gasteiger charge is -2.15. The van der Waals surface area contributed by atoms with Gasteiger partial charge in [0.15, 0.2) is 17.5 Å². The van der Waals surface area contributed by atoms with E-state index < -0.39 is 0 Å². The number of hydrogen-bond acceptors (Lipinski definition) is 4. The Bertz CT molecular complexity index is 3650. The summed E-state index contributed by atoms with van der Waals surface area (Å²) < 4.78 is 8.94. The zero-order valence-electron chi connectivity index (χ0n) is 29.9. The minimum atomic E-state index is 0.637. The Hall–Kier alpha value is -7.63. The van der Waals surface area contributed by atoms with Gasteiger partial charge >= 0.3 is 0 Å². The van der Waals surface area contributed by atoms with Crippen LogP contribution in [0.4, 0.5) is 0 Å². The van der Waals surface area contributed by atoms with Crippen molar-refractivity contribution in [1.82, 2.24) is 19.5 Å². The van der Waals surface area contributed by atoms with Gasteiger partial charge in [-0.3, -0.25) is 0 Å². The molecule has 5 heteroatoms. The molecule has 0 atom stereocenters. The van der Waals surface area contributed by atoms with Gasteiger partial charge in [0.1, 0.15) is 11.2 Å². The summed E-state index contributed by atoms with van der Waals surface area (Å²) >= 11 is 0. The third kappa shape index (κ3) is 4.01. The molecule has 3 heterocycles. The molecular formula is C51H28N4O. The third-order valence-corrected chi connectivity index (χ3v) is 11.7. The van der Waals surface area contributed by atoms with Gasteiger partial charge in [-0.05, 0) is 69.1 Å². The van der Waals surface area contributed by atoms with Crippen molar-refractivity contribution in [1.29, 1.82) is 0 Å². The Morgan fingerprint density at radius 1 is 0.357 bits per heavy atom. The fourth-order valence-corrected chi connectivity index (χ4v) is 9.33. The summed E-state index contributed by atoms with van der Waals surface area (Å²) in [4.78, 5) is 15.4. The molecular weight excluding hydrogens is 685 g/mol. The summed E-state index contributed by atoms with van der Waals surface area (Å²) in [6.45, 7) is 0. The first-order chi connectivity index (χ1) is 27.8. The molecule has 0 spiro atoms. The number of rotatable bonds is 4. The van der Waals surface area contributed by atoms with Gasteiger partial charge in [-0.1, -0.05) is 133 Å². The molecule has 0 unspecified atom stereocenters. The highest BCUT2D eigenvalue weighted by Crippen LogP contribution is 2.51. The fourth-order valence-electron chi connectivity index (χ4n) is 9.33. The van der Waals surface area contributed by atoms with E-state index in [4.69, 9.17) is 19.4 Å². The molecule has 56 heavy (non-hydrogen) atoms. The maximum atomic E-state index is 6.49. The summed E-state index contributed by atoms with van der Waals surface area (Å²) in [7, 11) is 0. The Kier molecular flexibility index (Phi) is 5.83. The second kappa shape index (κ2) is 11.0. The number of benzene rings is 9. The molecule has 0 saturated carbocycles. The Morgan fingerprint density at radius 2 is 1.02 bits per heavy atom. The van der Waals surface area contributed by atoms with Gasteiger partial charge in [0.05, 0.1) is 16.7 Å². The van der Waals surface area contributed by atoms with Gasteiger partial charge in [0.25, 0.3) is 0 Å². The SMILES string of the molecule is c1ccc(-c2nc(-c3ccc4ccccc4c3)nc(-c3cccc4c(-n5c6cccc7c6c6c8c(ccc9oc%10cccc-7c%10c98)ccc65)cccc34)n2)cc1. The minimum Gasteiger partial charge on any atom is -0.456 e. The second-order valence-electron chi connectivity index (χ2n) is 14.7. The number of furan rings is 1. The molecule has 3 aromatic heterocycles. The van der Waals surface area contributed by atoms with E-state index in [9.17, 15) is 0 Å². The lowest BCUT2D eigenvalue weighted by Crippen LogP contribution is -2.01. The van der Waals surface area contributed by atoms with Crippen LogP contribution in [0.3, 0.4) is 0 Å². The highest BCUT2D eigenvalue weighted by molar-refractivity contribution is 6.38. The molecule has 5 nitrogen and oxygen atoms in total. The standard InChI is InChI=1S/C51H28N4O/c1-2-11-31(12-3-1)49-52-50(33-23-22-29-10-4-5-13-32(29)28-33)54-51(53-49)38-18-6-15-35-34(38)14-7-19-39(35)55-40-20-8-16-36-37-17-9-21-42-46(37)48-43(56-42)27-25-30-24-26-41(55)47(44(30)48)45(36)40/h1-28H. The Morgan fingerprint density at radius 3 is 1.93 bits per heavy atom. The van der Waals surface area contributed by atoms with Crippen molar-refractivity contribution in [3.8, 4) is 51.0 Å². The van der Waals surface area contributed by atoms with E-state index in [1.165, 1.54) is 54.3 Å². The van der Waals surface area contributed by atoms with Crippen LogP contribution in [-0.2, 0) is 0 Å². The summed E-state index contributed by atoms with van der Waals surface area (Å²) in [6, 6.07) is 60.1. The predicted octanol–water partition coefficient (Wildman–Crippen LogP) is 13.3. The zero-order chi connectivity index (χ0) is 36.5. The third-order valence-electron chi connectivity index (χ3n) is 11.7. The average molecular weight is 713 g/mol. The highest BCUT2D eigenvalue weighted by atomic mass is 16.3. The molecule has 258 valence electrons. The Balaban J connectivity index is 1.09. The maximum absolute atomic E-state index is 6.49. The summed E-state index contributed by atoms with van der Waals surface area (Å²) in [5, 5.41) is 11.9. The smallest absolute Gasteiger partial charge is 0.164 e. The zero-order valence-corrected chi connectivity index (χ0v) is 29.9. The van der Waals surface area contributed by atoms with Gasteiger partial charge in [-0.15, -0.1) is 0 Å². The maximum Gasteiger partial charge on any atom is 0.164 e. The van der Waals surface area contributed by atoms with Crippen LogP contribution in [0.5, 0.6) is 0 Å². The van der Waals surface area contributed by atoms with Gasteiger partial charge in [-0.25, -0.2) is 15.0 Å². The average Bonchev–Trinajstić information content (AvgIpc) is 3.78. The number of hydrogen-bond donors (Lipinski definition) is 0. The van der Waals surface area contributed by atoms with E-state index >= 15 is 0 Å². The van der Waals surface area contributed by atoms with Crippen molar-refractivity contribution in [2.24, 2.45) is 0 Å². The molecule has 1 aliphatic rings. The van der Waals surface area contributed by atoms with Crippen molar-refractivity contribution in [2.75, 3.05) is 0 Å². The van der Waals surface area contributed by atoms with E-state index in [1.807, 2.05) is 18.2 Å². The van der Waals surface area contributed by atoms with E-state index in [-0.39, 0.29) is 0 Å². The monoisotopic (exact) mass is 712 g/mol. The highest BCUT2D eigenvalue weighted by Gasteiger charge is 2.26. The summed E-state index contributed by atoms with van der Waals surface area (Å²) in [5.74, 6) is 1.92. The lowest BCUT2D eigenvalue weighted by atomic mass is 9.98. The molecule has 0 radical (unpaired) electrons. The quantitative estimate of drug-likeness (QED) is 0.182.